The Labute approximate surface area is 392 Å². The Hall–Kier alpha value is -0.814. The normalized spacial score (nSPS) is 11.7. The van der Waals surface area contributed by atoms with Gasteiger partial charge in [0.1, 0.15) is 10.1 Å². The van der Waals surface area contributed by atoms with Gasteiger partial charge in [0.15, 0.2) is 0 Å². The number of carbonyl (C=O) groups excluding carboxylic acids is 2. The first-order valence-electron chi connectivity index (χ1n) is 23.1. The van der Waals surface area contributed by atoms with Crippen molar-refractivity contribution in [3.63, 3.8) is 0 Å². The van der Waals surface area contributed by atoms with Crippen molar-refractivity contribution in [2.24, 2.45) is 0 Å². The van der Waals surface area contributed by atoms with E-state index in [-0.39, 0.29) is 70.2 Å². The summed E-state index contributed by atoms with van der Waals surface area (Å²) in [6.45, 7) is 4.67. The molecule has 322 valence electrons. The molecule has 0 bridgehead atoms. The maximum Gasteiger partial charge on any atom is 1.00 e. The molecule has 0 aliphatic rings. The van der Waals surface area contributed by atoms with Gasteiger partial charge in [0.2, 0.25) is 0 Å². The zero-order valence-corrected chi connectivity index (χ0v) is 40.8. The zero-order chi connectivity index (χ0) is 40.8. The molecule has 0 atom stereocenters. The van der Waals surface area contributed by atoms with E-state index >= 15 is 0 Å². The molecule has 1 aromatic carbocycles. The van der Waals surface area contributed by atoms with Crippen LogP contribution >= 0.6 is 0 Å². The summed E-state index contributed by atoms with van der Waals surface area (Å²) < 4.78 is 46.7. The first-order valence-corrected chi connectivity index (χ1v) is 24.5. The monoisotopic (exact) mass is 841 g/mol. The number of benzene rings is 1. The van der Waals surface area contributed by atoms with Crippen LogP contribution in [0.25, 0.3) is 0 Å². The average Bonchev–Trinajstić information content (AvgIpc) is 3.18. The minimum absolute atomic E-state index is 0. The van der Waals surface area contributed by atoms with Crippen molar-refractivity contribution in [1.29, 1.82) is 0 Å². The van der Waals surface area contributed by atoms with Crippen LogP contribution in [0.1, 0.15) is 240 Å². The van der Waals surface area contributed by atoms with Crippen molar-refractivity contribution in [2.75, 3.05) is 13.2 Å². The summed E-state index contributed by atoms with van der Waals surface area (Å²) in [5, 5.41) is 0. The van der Waals surface area contributed by atoms with E-state index in [0.717, 1.165) is 25.3 Å². The molecule has 0 saturated heterocycles. The number of allylic oxidation sites excluding steroid dienone is 4. The summed E-state index contributed by atoms with van der Waals surface area (Å²) in [6, 6.07) is 3.58. The molecule has 9 heteroatoms. The minimum atomic E-state index is -5.03. The van der Waals surface area contributed by atoms with E-state index in [1.807, 2.05) is 0 Å². The van der Waals surface area contributed by atoms with E-state index in [1.54, 1.807) is 0 Å². The summed E-state index contributed by atoms with van der Waals surface area (Å²) in [5.41, 5.74) is -0.828. The van der Waals surface area contributed by atoms with Crippen LogP contribution in [0.15, 0.2) is 47.4 Å². The Morgan fingerprint density at radius 2 is 0.807 bits per heavy atom. The molecule has 0 fully saturated rings. The van der Waals surface area contributed by atoms with Gasteiger partial charge in [-0.05, 0) is 63.5 Å². The molecule has 0 unspecified atom stereocenters. The number of hydrogen-bond acceptors (Lipinski definition) is 7. The van der Waals surface area contributed by atoms with Gasteiger partial charge in [-0.15, -0.1) is 0 Å². The molecule has 0 aliphatic heterocycles. The van der Waals surface area contributed by atoms with E-state index in [2.05, 4.69) is 38.2 Å². The molecule has 0 aliphatic carbocycles. The summed E-state index contributed by atoms with van der Waals surface area (Å²) in [7, 11) is -5.03. The summed E-state index contributed by atoms with van der Waals surface area (Å²) >= 11 is 0. The summed E-state index contributed by atoms with van der Waals surface area (Å²) in [5.74, 6) is -1.87. The molecule has 0 spiro atoms. The van der Waals surface area contributed by atoms with E-state index in [0.29, 0.717) is 19.3 Å². The molecule has 1 aromatic rings. The third-order valence-corrected chi connectivity index (χ3v) is 11.4. The number of unbranched alkanes of at least 4 members (excludes halogenated alkanes) is 28. The van der Waals surface area contributed by atoms with Gasteiger partial charge < -0.3 is 14.0 Å². The van der Waals surface area contributed by atoms with Crippen LogP contribution in [0, 0.1) is 0 Å². The van der Waals surface area contributed by atoms with Gasteiger partial charge in [0.25, 0.3) is 0 Å². The van der Waals surface area contributed by atoms with Crippen LogP contribution in [0.3, 0.4) is 0 Å². The fraction of sp³-hybridized carbons (Fsp3) is 0.750. The number of rotatable bonds is 39. The number of ether oxygens (including phenoxy) is 2. The SMILES string of the molecule is CCCCCCCCCCCCCCC/C=C/CCCOC(=O)c1cccc(S(=O)(=O)[O-])c1C(=O)OCCC/C=C/CCCCCCCCCCCCCCC.[K+]. The standard InChI is InChI=1S/C48H82O7S.K/c1-3-5-7-9-11-13-15-17-19-21-23-25-27-29-31-33-35-37-42-54-47(49)44-40-39-41-45(56(51,52)53)46(44)48(50)55-43-38-36-34-32-30-28-26-24-22-20-18-16-14-12-10-8-6-4-2;/h31-34,39-41H,3-30,35-38,42-43H2,1-2H3,(H,51,52,53);/q;+1/p-1/b33-31+,34-32+;. The van der Waals surface area contributed by atoms with Crippen LogP contribution in [-0.4, -0.2) is 38.1 Å². The molecular formula is C48H81KO7S. The summed E-state index contributed by atoms with van der Waals surface area (Å²) in [4.78, 5) is 25.2. The predicted octanol–water partition coefficient (Wildman–Crippen LogP) is 11.5. The van der Waals surface area contributed by atoms with Gasteiger partial charge in [0, 0.05) is 0 Å². The van der Waals surface area contributed by atoms with Crippen molar-refractivity contribution < 1.29 is 83.4 Å². The number of carbonyl (C=O) groups is 2. The predicted molar refractivity (Wildman–Crippen MR) is 232 cm³/mol. The van der Waals surface area contributed by atoms with E-state index in [9.17, 15) is 22.6 Å². The second-order valence-electron chi connectivity index (χ2n) is 15.7. The molecule has 0 aromatic heterocycles. The molecule has 0 N–H and O–H groups in total. The van der Waals surface area contributed by atoms with E-state index in [1.165, 1.54) is 179 Å². The smallest absolute Gasteiger partial charge is 0.744 e. The van der Waals surface area contributed by atoms with Crippen molar-refractivity contribution in [1.82, 2.24) is 0 Å². The Morgan fingerprint density at radius 3 is 1.16 bits per heavy atom. The van der Waals surface area contributed by atoms with Crippen molar-refractivity contribution >= 4 is 22.1 Å². The van der Waals surface area contributed by atoms with Crippen LogP contribution < -0.4 is 51.4 Å². The van der Waals surface area contributed by atoms with E-state index in [4.69, 9.17) is 9.47 Å². The van der Waals surface area contributed by atoms with Gasteiger partial charge >= 0.3 is 63.3 Å². The third kappa shape index (κ3) is 32.6. The molecular weight excluding hydrogens is 760 g/mol. The van der Waals surface area contributed by atoms with Crippen LogP contribution in [0.5, 0.6) is 0 Å². The number of hydrogen-bond donors (Lipinski definition) is 0. The molecule has 0 saturated carbocycles. The van der Waals surface area contributed by atoms with Gasteiger partial charge in [0.05, 0.1) is 29.2 Å². The molecule has 0 amide bonds. The van der Waals surface area contributed by atoms with Crippen molar-refractivity contribution in [2.45, 2.75) is 224 Å². The first kappa shape index (κ1) is 56.2. The summed E-state index contributed by atoms with van der Waals surface area (Å²) in [6.07, 6.45) is 47.9. The van der Waals surface area contributed by atoms with Crippen LogP contribution in [-0.2, 0) is 19.6 Å². The van der Waals surface area contributed by atoms with Gasteiger partial charge in [-0.2, -0.15) is 0 Å². The second-order valence-corrected chi connectivity index (χ2v) is 17.0. The largest absolute Gasteiger partial charge is 1.00 e. The minimum Gasteiger partial charge on any atom is -0.744 e. The van der Waals surface area contributed by atoms with Crippen LogP contribution in [0.4, 0.5) is 0 Å². The Bertz CT molecular complexity index is 1280. The van der Waals surface area contributed by atoms with Gasteiger partial charge in [-0.3, -0.25) is 0 Å². The second kappa shape index (κ2) is 40.6. The molecule has 0 heterocycles. The Kier molecular flexibility index (Phi) is 40.0. The quantitative estimate of drug-likeness (QED) is 0.0213. The van der Waals surface area contributed by atoms with Gasteiger partial charge in [-0.1, -0.05) is 198 Å². The molecule has 57 heavy (non-hydrogen) atoms. The van der Waals surface area contributed by atoms with E-state index < -0.39 is 32.5 Å². The van der Waals surface area contributed by atoms with Crippen molar-refractivity contribution in [3.05, 3.63) is 53.6 Å². The molecule has 0 radical (unpaired) electrons. The average molecular weight is 841 g/mol. The Morgan fingerprint density at radius 1 is 0.491 bits per heavy atom. The Balaban J connectivity index is 0.0000314. The van der Waals surface area contributed by atoms with Crippen LogP contribution in [0.2, 0.25) is 0 Å². The maximum absolute atomic E-state index is 13.0. The topological polar surface area (TPSA) is 110 Å². The zero-order valence-electron chi connectivity index (χ0n) is 36.8. The fourth-order valence-corrected chi connectivity index (χ4v) is 7.72. The van der Waals surface area contributed by atoms with Gasteiger partial charge in [-0.25, -0.2) is 18.0 Å². The first-order chi connectivity index (χ1) is 27.3. The third-order valence-electron chi connectivity index (χ3n) is 10.5. The van der Waals surface area contributed by atoms with Crippen molar-refractivity contribution in [3.8, 4) is 0 Å². The maximum atomic E-state index is 13.0. The molecule has 1 rings (SSSR count). The number of esters is 2. The molecule has 7 nitrogen and oxygen atoms in total. The fourth-order valence-electron chi connectivity index (χ4n) is 7.03.